The summed E-state index contributed by atoms with van der Waals surface area (Å²) in [4.78, 5) is 27.7. The van der Waals surface area contributed by atoms with Gasteiger partial charge < -0.3 is 10.2 Å². The van der Waals surface area contributed by atoms with E-state index in [1.165, 1.54) is 11.1 Å². The van der Waals surface area contributed by atoms with Crippen molar-refractivity contribution in [1.29, 1.82) is 0 Å². The Hall–Kier alpha value is -3.28. The highest BCUT2D eigenvalue weighted by molar-refractivity contribution is 5.92. The molecule has 0 spiro atoms. The van der Waals surface area contributed by atoms with Crippen LogP contribution in [0.5, 0.6) is 0 Å². The average molecular weight is 359 g/mol. The van der Waals surface area contributed by atoms with Gasteiger partial charge in [-0.3, -0.25) is 9.78 Å². The van der Waals surface area contributed by atoms with E-state index in [-0.39, 0.29) is 5.91 Å². The zero-order valence-electron chi connectivity index (χ0n) is 15.2. The Morgan fingerprint density at radius 3 is 2.70 bits per heavy atom. The predicted octanol–water partition coefficient (Wildman–Crippen LogP) is 2.99. The van der Waals surface area contributed by atoms with E-state index in [1.807, 2.05) is 36.1 Å². The number of carbonyl (C=O) groups is 1. The van der Waals surface area contributed by atoms with Crippen LogP contribution in [0.3, 0.4) is 0 Å². The third-order valence-corrected chi connectivity index (χ3v) is 4.69. The lowest BCUT2D eigenvalue weighted by Gasteiger charge is -2.28. The van der Waals surface area contributed by atoms with Gasteiger partial charge in [-0.2, -0.15) is 0 Å². The monoisotopic (exact) mass is 359 g/mol. The van der Waals surface area contributed by atoms with E-state index in [9.17, 15) is 4.79 Å². The summed E-state index contributed by atoms with van der Waals surface area (Å²) >= 11 is 0. The summed E-state index contributed by atoms with van der Waals surface area (Å²) in [5, 5.41) is 3.19. The molecular weight excluding hydrogens is 338 g/mol. The molecule has 4 rings (SSSR count). The van der Waals surface area contributed by atoms with E-state index in [2.05, 4.69) is 32.4 Å². The highest BCUT2D eigenvalue weighted by atomic mass is 16.2. The smallest absolute Gasteiger partial charge is 0.272 e. The Labute approximate surface area is 158 Å². The van der Waals surface area contributed by atoms with Gasteiger partial charge in [0.05, 0.1) is 0 Å². The second kappa shape index (κ2) is 7.53. The first-order valence-electron chi connectivity index (χ1n) is 9.03. The molecule has 0 radical (unpaired) electrons. The molecule has 0 unspecified atom stereocenters. The lowest BCUT2D eigenvalue weighted by Crippen LogP contribution is -2.36. The Balaban J connectivity index is 1.50. The van der Waals surface area contributed by atoms with Crippen LogP contribution >= 0.6 is 0 Å². The number of fused-ring (bicyclic) bond motifs is 1. The molecule has 6 nitrogen and oxygen atoms in total. The number of hydrogen-bond acceptors (Lipinski definition) is 5. The maximum Gasteiger partial charge on any atom is 0.272 e. The highest BCUT2D eigenvalue weighted by Crippen LogP contribution is 2.20. The van der Waals surface area contributed by atoms with Crippen LogP contribution in [0.4, 0.5) is 5.95 Å². The Morgan fingerprint density at radius 1 is 1.11 bits per heavy atom. The fourth-order valence-electron chi connectivity index (χ4n) is 3.27. The van der Waals surface area contributed by atoms with Gasteiger partial charge in [0.25, 0.3) is 5.91 Å². The molecule has 0 bridgehead atoms. The summed E-state index contributed by atoms with van der Waals surface area (Å²) in [7, 11) is 0. The van der Waals surface area contributed by atoms with Gasteiger partial charge in [-0.15, -0.1) is 0 Å². The number of hydrogen-bond donors (Lipinski definition) is 1. The molecule has 27 heavy (non-hydrogen) atoms. The largest absolute Gasteiger partial charge is 0.350 e. The number of aryl methyl sites for hydroxylation is 1. The van der Waals surface area contributed by atoms with Gasteiger partial charge in [0.1, 0.15) is 5.69 Å². The molecular formula is C21H21N5O. The number of nitrogens with zero attached hydrogens (tertiary/aromatic N) is 4. The molecule has 0 atom stereocenters. The van der Waals surface area contributed by atoms with E-state index < -0.39 is 0 Å². The molecule has 0 aliphatic carbocycles. The van der Waals surface area contributed by atoms with Gasteiger partial charge in [-0.05, 0) is 48.2 Å². The lowest BCUT2D eigenvalue weighted by molar-refractivity contribution is 0.0728. The van der Waals surface area contributed by atoms with E-state index in [4.69, 9.17) is 0 Å². The minimum atomic E-state index is -0.0537. The Morgan fingerprint density at radius 2 is 1.89 bits per heavy atom. The Bertz CT molecular complexity index is 958. The van der Waals surface area contributed by atoms with Crippen molar-refractivity contribution in [3.05, 3.63) is 82.9 Å². The molecule has 3 heterocycles. The second-order valence-electron chi connectivity index (χ2n) is 6.67. The van der Waals surface area contributed by atoms with Crippen molar-refractivity contribution in [2.75, 3.05) is 11.9 Å². The summed E-state index contributed by atoms with van der Waals surface area (Å²) < 4.78 is 0. The fraction of sp³-hybridized carbons (Fsp3) is 0.238. The molecule has 6 heteroatoms. The van der Waals surface area contributed by atoms with Crippen LogP contribution in [0.25, 0.3) is 0 Å². The maximum atomic E-state index is 13.0. The van der Waals surface area contributed by atoms with Crippen molar-refractivity contribution in [1.82, 2.24) is 19.9 Å². The third-order valence-electron chi connectivity index (χ3n) is 4.69. The molecule has 2 aromatic heterocycles. The van der Waals surface area contributed by atoms with Crippen LogP contribution in [-0.4, -0.2) is 32.3 Å². The number of rotatable bonds is 4. The number of benzene rings is 1. The average Bonchev–Trinajstić information content (AvgIpc) is 2.72. The summed E-state index contributed by atoms with van der Waals surface area (Å²) in [6.45, 7) is 3.79. The summed E-state index contributed by atoms with van der Waals surface area (Å²) in [5.41, 5.74) is 4.80. The fourth-order valence-corrected chi connectivity index (χ4v) is 3.27. The quantitative estimate of drug-likeness (QED) is 0.775. The van der Waals surface area contributed by atoms with Crippen LogP contribution < -0.4 is 5.32 Å². The van der Waals surface area contributed by atoms with E-state index in [0.717, 1.165) is 17.7 Å². The second-order valence-corrected chi connectivity index (χ2v) is 6.67. The number of amides is 1. The molecule has 1 amide bonds. The zero-order valence-corrected chi connectivity index (χ0v) is 15.2. The lowest BCUT2D eigenvalue weighted by atomic mass is 10.00. The number of carbonyl (C=O) groups excluding carboxylic acids is 1. The molecule has 1 aliphatic heterocycles. The van der Waals surface area contributed by atoms with Gasteiger partial charge in [0.2, 0.25) is 5.95 Å². The van der Waals surface area contributed by atoms with Crippen molar-refractivity contribution < 1.29 is 4.79 Å². The van der Waals surface area contributed by atoms with Gasteiger partial charge in [0, 0.05) is 37.7 Å². The molecule has 3 aromatic rings. The topological polar surface area (TPSA) is 71.0 Å². The van der Waals surface area contributed by atoms with Gasteiger partial charge >= 0.3 is 0 Å². The van der Waals surface area contributed by atoms with Gasteiger partial charge in [-0.25, -0.2) is 9.97 Å². The van der Waals surface area contributed by atoms with E-state index >= 15 is 0 Å². The SMILES string of the molecule is Cc1cc(C(=O)N2CCc3ccccc3C2)nc(NCc2ccncc2)n1. The molecule has 1 aromatic carbocycles. The molecule has 1 aliphatic rings. The van der Waals surface area contributed by atoms with Gasteiger partial charge in [0.15, 0.2) is 0 Å². The predicted molar refractivity (Wildman–Crippen MR) is 103 cm³/mol. The van der Waals surface area contributed by atoms with Crippen molar-refractivity contribution in [2.24, 2.45) is 0 Å². The summed E-state index contributed by atoms with van der Waals surface area (Å²) in [6.07, 6.45) is 4.37. The third kappa shape index (κ3) is 3.95. The number of anilines is 1. The molecule has 136 valence electrons. The summed E-state index contributed by atoms with van der Waals surface area (Å²) in [5.74, 6) is 0.412. The van der Waals surface area contributed by atoms with Crippen LogP contribution in [-0.2, 0) is 19.5 Å². The van der Waals surface area contributed by atoms with Crippen molar-refractivity contribution in [3.8, 4) is 0 Å². The maximum absolute atomic E-state index is 13.0. The minimum absolute atomic E-state index is 0.0537. The van der Waals surface area contributed by atoms with Crippen LogP contribution in [0, 0.1) is 6.92 Å². The first kappa shape index (κ1) is 17.1. The number of pyridine rings is 1. The van der Waals surface area contributed by atoms with E-state index in [1.54, 1.807) is 18.5 Å². The van der Waals surface area contributed by atoms with Crippen molar-refractivity contribution >= 4 is 11.9 Å². The van der Waals surface area contributed by atoms with Crippen LogP contribution in [0.15, 0.2) is 54.9 Å². The first-order valence-corrected chi connectivity index (χ1v) is 9.03. The number of nitrogens with one attached hydrogen (secondary N) is 1. The van der Waals surface area contributed by atoms with Crippen molar-refractivity contribution in [3.63, 3.8) is 0 Å². The zero-order chi connectivity index (χ0) is 18.6. The molecule has 0 saturated heterocycles. The number of aromatic nitrogens is 3. The summed E-state index contributed by atoms with van der Waals surface area (Å²) in [6, 6.07) is 13.9. The molecule has 1 N–H and O–H groups in total. The minimum Gasteiger partial charge on any atom is -0.350 e. The highest BCUT2D eigenvalue weighted by Gasteiger charge is 2.23. The Kier molecular flexibility index (Phi) is 4.78. The van der Waals surface area contributed by atoms with Crippen molar-refractivity contribution in [2.45, 2.75) is 26.4 Å². The van der Waals surface area contributed by atoms with Gasteiger partial charge in [-0.1, -0.05) is 24.3 Å². The van der Waals surface area contributed by atoms with Crippen LogP contribution in [0.1, 0.15) is 32.9 Å². The molecule has 0 saturated carbocycles. The molecule has 0 fully saturated rings. The normalized spacial score (nSPS) is 13.1. The first-order chi connectivity index (χ1) is 13.2. The standard InChI is InChI=1S/C21H21N5O/c1-15-12-19(25-21(24-15)23-13-16-6-9-22-10-7-16)20(27)26-11-8-17-4-2-3-5-18(17)14-26/h2-7,9-10,12H,8,11,13-14H2,1H3,(H,23,24,25). The van der Waals surface area contributed by atoms with Crippen LogP contribution in [0.2, 0.25) is 0 Å². The van der Waals surface area contributed by atoms with E-state index in [0.29, 0.717) is 31.3 Å².